The molecule has 0 aliphatic rings. The molecule has 1 unspecified atom stereocenters. The molecule has 0 fully saturated rings. The maximum Gasteiger partial charge on any atom is 0.0469 e. The van der Waals surface area contributed by atoms with Crippen LogP contribution in [0.4, 0.5) is 0 Å². The van der Waals surface area contributed by atoms with Crippen molar-refractivity contribution in [1.82, 2.24) is 4.98 Å². The monoisotopic (exact) mass is 201 g/mol. The van der Waals surface area contributed by atoms with Gasteiger partial charge in [0.05, 0.1) is 0 Å². The summed E-state index contributed by atoms with van der Waals surface area (Å²) in [6.07, 6.45) is 11.5. The van der Waals surface area contributed by atoms with Gasteiger partial charge in [-0.05, 0) is 25.0 Å². The summed E-state index contributed by atoms with van der Waals surface area (Å²) in [5, 5.41) is 0. The molecule has 15 heavy (non-hydrogen) atoms. The number of allylic oxidation sites excluding steroid dienone is 4. The second kappa shape index (κ2) is 6.18. The minimum atomic E-state index is 0.382. The van der Waals surface area contributed by atoms with Crippen LogP contribution >= 0.6 is 0 Å². The van der Waals surface area contributed by atoms with Crippen LogP contribution in [0.25, 0.3) is 0 Å². The molecule has 1 aromatic heterocycles. The summed E-state index contributed by atoms with van der Waals surface area (Å²) in [5.41, 5.74) is 2.34. The summed E-state index contributed by atoms with van der Waals surface area (Å²) in [6.45, 7) is 6.35. The van der Waals surface area contributed by atoms with E-state index in [1.54, 1.807) is 0 Å². The zero-order chi connectivity index (χ0) is 11.1. The van der Waals surface area contributed by atoms with Gasteiger partial charge in [0, 0.05) is 17.8 Å². The summed E-state index contributed by atoms with van der Waals surface area (Å²) >= 11 is 0. The Morgan fingerprint density at radius 2 is 2.13 bits per heavy atom. The van der Waals surface area contributed by atoms with Crippen molar-refractivity contribution in [3.63, 3.8) is 0 Å². The molecule has 0 aromatic carbocycles. The van der Waals surface area contributed by atoms with Gasteiger partial charge < -0.3 is 0 Å². The van der Waals surface area contributed by atoms with Crippen molar-refractivity contribution < 1.29 is 0 Å². The lowest BCUT2D eigenvalue weighted by atomic mass is 10.1. The molecule has 1 atom stereocenters. The van der Waals surface area contributed by atoms with E-state index >= 15 is 0 Å². The van der Waals surface area contributed by atoms with Gasteiger partial charge >= 0.3 is 0 Å². The van der Waals surface area contributed by atoms with Crippen molar-refractivity contribution >= 4 is 0 Å². The van der Waals surface area contributed by atoms with Gasteiger partial charge in [0.2, 0.25) is 0 Å². The van der Waals surface area contributed by atoms with Crippen LogP contribution in [-0.2, 0) is 0 Å². The van der Waals surface area contributed by atoms with Crippen LogP contribution in [0.1, 0.15) is 37.4 Å². The van der Waals surface area contributed by atoms with E-state index in [1.165, 1.54) is 5.56 Å². The van der Waals surface area contributed by atoms with Crippen LogP contribution in [0.5, 0.6) is 0 Å². The van der Waals surface area contributed by atoms with Gasteiger partial charge in [0.15, 0.2) is 0 Å². The highest BCUT2D eigenvalue weighted by Crippen LogP contribution is 2.13. The van der Waals surface area contributed by atoms with Crippen molar-refractivity contribution in [2.75, 3.05) is 0 Å². The fourth-order valence-electron chi connectivity index (χ4n) is 1.29. The predicted molar refractivity (Wildman–Crippen MR) is 66.0 cm³/mol. The SMILES string of the molecule is CC/C=C\C=C/C(C)c1ccc(C)cn1. The summed E-state index contributed by atoms with van der Waals surface area (Å²) in [6, 6.07) is 4.20. The van der Waals surface area contributed by atoms with E-state index in [-0.39, 0.29) is 0 Å². The fourth-order valence-corrected chi connectivity index (χ4v) is 1.29. The Bertz CT molecular complexity index is 333. The van der Waals surface area contributed by atoms with Gasteiger partial charge in [0.25, 0.3) is 0 Å². The number of aryl methyl sites for hydroxylation is 1. The Morgan fingerprint density at radius 1 is 1.33 bits per heavy atom. The second-order valence-corrected chi connectivity index (χ2v) is 3.77. The third-order valence-electron chi connectivity index (χ3n) is 2.28. The number of rotatable bonds is 4. The quantitative estimate of drug-likeness (QED) is 0.670. The van der Waals surface area contributed by atoms with Gasteiger partial charge in [0.1, 0.15) is 0 Å². The summed E-state index contributed by atoms with van der Waals surface area (Å²) < 4.78 is 0. The summed E-state index contributed by atoms with van der Waals surface area (Å²) in [7, 11) is 0. The molecule has 1 heterocycles. The normalized spacial score (nSPS) is 13.8. The molecule has 0 spiro atoms. The first-order valence-electron chi connectivity index (χ1n) is 5.50. The maximum absolute atomic E-state index is 4.40. The number of pyridine rings is 1. The predicted octanol–water partition coefficient (Wildman–Crippen LogP) is 4.02. The van der Waals surface area contributed by atoms with Gasteiger partial charge in [-0.2, -0.15) is 0 Å². The Balaban J connectivity index is 2.60. The Kier molecular flexibility index (Phi) is 4.82. The fraction of sp³-hybridized carbons (Fsp3) is 0.357. The second-order valence-electron chi connectivity index (χ2n) is 3.77. The molecule has 0 saturated carbocycles. The number of nitrogens with zero attached hydrogens (tertiary/aromatic N) is 1. The van der Waals surface area contributed by atoms with Crippen LogP contribution in [0.15, 0.2) is 42.6 Å². The van der Waals surface area contributed by atoms with Gasteiger partial charge in [-0.15, -0.1) is 0 Å². The molecule has 1 aromatic rings. The number of hydrogen-bond donors (Lipinski definition) is 0. The molecule has 1 heteroatoms. The highest BCUT2D eigenvalue weighted by atomic mass is 14.7. The van der Waals surface area contributed by atoms with E-state index in [0.29, 0.717) is 5.92 Å². The average molecular weight is 201 g/mol. The zero-order valence-corrected chi connectivity index (χ0v) is 9.77. The van der Waals surface area contributed by atoms with E-state index in [9.17, 15) is 0 Å². The van der Waals surface area contributed by atoms with Crippen molar-refractivity contribution in [2.24, 2.45) is 0 Å². The number of hydrogen-bond acceptors (Lipinski definition) is 1. The molecular formula is C14H19N. The Hall–Kier alpha value is -1.37. The molecule has 0 amide bonds. The van der Waals surface area contributed by atoms with E-state index in [0.717, 1.165) is 12.1 Å². The summed E-state index contributed by atoms with van der Waals surface area (Å²) in [5.74, 6) is 0.382. The minimum Gasteiger partial charge on any atom is -0.260 e. The molecular weight excluding hydrogens is 182 g/mol. The smallest absolute Gasteiger partial charge is 0.0469 e. The van der Waals surface area contributed by atoms with Crippen LogP contribution < -0.4 is 0 Å². The van der Waals surface area contributed by atoms with E-state index in [1.807, 2.05) is 6.20 Å². The van der Waals surface area contributed by atoms with Crippen molar-refractivity contribution in [3.8, 4) is 0 Å². The van der Waals surface area contributed by atoms with Gasteiger partial charge in [-0.1, -0.05) is 44.2 Å². The summed E-state index contributed by atoms with van der Waals surface area (Å²) in [4.78, 5) is 4.40. The van der Waals surface area contributed by atoms with E-state index in [4.69, 9.17) is 0 Å². The van der Waals surface area contributed by atoms with Crippen LogP contribution in [0, 0.1) is 6.92 Å². The maximum atomic E-state index is 4.40. The molecule has 1 nitrogen and oxygen atoms in total. The molecule has 0 N–H and O–H groups in total. The van der Waals surface area contributed by atoms with Crippen molar-refractivity contribution in [3.05, 3.63) is 53.9 Å². The van der Waals surface area contributed by atoms with Gasteiger partial charge in [-0.3, -0.25) is 4.98 Å². The topological polar surface area (TPSA) is 12.9 Å². The molecule has 80 valence electrons. The lowest BCUT2D eigenvalue weighted by Gasteiger charge is -2.04. The van der Waals surface area contributed by atoms with E-state index < -0.39 is 0 Å². The Morgan fingerprint density at radius 3 is 2.73 bits per heavy atom. The number of aromatic nitrogens is 1. The zero-order valence-electron chi connectivity index (χ0n) is 9.77. The standard InChI is InChI=1S/C14H19N/c1-4-5-6-7-8-13(3)14-10-9-12(2)11-15-14/h5-11,13H,4H2,1-3H3/b6-5-,8-7-. The highest BCUT2D eigenvalue weighted by molar-refractivity contribution is 5.20. The van der Waals surface area contributed by atoms with Gasteiger partial charge in [-0.25, -0.2) is 0 Å². The van der Waals surface area contributed by atoms with Crippen LogP contribution in [-0.4, -0.2) is 4.98 Å². The van der Waals surface area contributed by atoms with Crippen molar-refractivity contribution in [1.29, 1.82) is 0 Å². The molecule has 0 aliphatic carbocycles. The van der Waals surface area contributed by atoms with Crippen LogP contribution in [0.3, 0.4) is 0 Å². The third-order valence-corrected chi connectivity index (χ3v) is 2.28. The minimum absolute atomic E-state index is 0.382. The first-order chi connectivity index (χ1) is 7.24. The first-order valence-corrected chi connectivity index (χ1v) is 5.50. The average Bonchev–Trinajstić information content (AvgIpc) is 2.25. The molecule has 0 saturated heterocycles. The van der Waals surface area contributed by atoms with Crippen molar-refractivity contribution in [2.45, 2.75) is 33.1 Å². The molecule has 0 aliphatic heterocycles. The molecule has 0 radical (unpaired) electrons. The first kappa shape index (κ1) is 11.7. The largest absolute Gasteiger partial charge is 0.260 e. The lowest BCUT2D eigenvalue weighted by Crippen LogP contribution is -1.93. The van der Waals surface area contributed by atoms with E-state index in [2.05, 4.69) is 62.2 Å². The lowest BCUT2D eigenvalue weighted by molar-refractivity contribution is 0.903. The Labute approximate surface area is 92.6 Å². The molecule has 1 rings (SSSR count). The molecule has 0 bridgehead atoms. The highest BCUT2D eigenvalue weighted by Gasteiger charge is 2.00. The van der Waals surface area contributed by atoms with Crippen LogP contribution in [0.2, 0.25) is 0 Å². The third kappa shape index (κ3) is 4.11.